The van der Waals surface area contributed by atoms with Gasteiger partial charge in [0.15, 0.2) is 0 Å². The number of ether oxygens (including phenoxy) is 1. The average Bonchev–Trinajstić information content (AvgIpc) is 2.98. The Balaban J connectivity index is 1.60. The summed E-state index contributed by atoms with van der Waals surface area (Å²) in [5, 5.41) is 20.1. The van der Waals surface area contributed by atoms with E-state index >= 15 is 0 Å². The fraction of sp³-hybridized carbons (Fsp3) is 0.963. The van der Waals surface area contributed by atoms with E-state index in [1.54, 1.807) is 0 Å². The second kappa shape index (κ2) is 8.31. The highest BCUT2D eigenvalue weighted by Gasteiger charge is 2.63. The van der Waals surface area contributed by atoms with Gasteiger partial charge in [0.1, 0.15) is 0 Å². The van der Waals surface area contributed by atoms with Crippen LogP contribution in [0.25, 0.3) is 0 Å². The quantitative estimate of drug-likeness (QED) is 0.564. The van der Waals surface area contributed by atoms with Gasteiger partial charge in [0.2, 0.25) is 0 Å². The zero-order chi connectivity index (χ0) is 22.6. The van der Waals surface area contributed by atoms with E-state index in [0.717, 1.165) is 32.1 Å². The predicted octanol–water partition coefficient (Wildman–Crippen LogP) is 5.91. The predicted molar refractivity (Wildman–Crippen MR) is 123 cm³/mol. The summed E-state index contributed by atoms with van der Waals surface area (Å²) in [5.74, 6) is 2.99. The molecule has 0 spiro atoms. The van der Waals surface area contributed by atoms with Crippen molar-refractivity contribution in [2.75, 3.05) is 7.11 Å². The van der Waals surface area contributed by atoms with Gasteiger partial charge < -0.3 is 14.9 Å². The molecule has 4 fully saturated rings. The van der Waals surface area contributed by atoms with E-state index in [-0.39, 0.29) is 0 Å². The number of carbonyl (C=O) groups is 1. The average molecular weight is 435 g/mol. The van der Waals surface area contributed by atoms with Crippen molar-refractivity contribution < 1.29 is 19.7 Å². The Morgan fingerprint density at radius 2 is 1.77 bits per heavy atom. The normalized spacial score (nSPS) is 50.6. The fourth-order valence-electron chi connectivity index (χ4n) is 9.46. The summed E-state index contributed by atoms with van der Waals surface area (Å²) in [6.07, 6.45) is 11.8. The summed E-state index contributed by atoms with van der Waals surface area (Å²) < 4.78 is 6.23. The van der Waals surface area contributed by atoms with Gasteiger partial charge in [-0.15, -0.1) is 0 Å². The molecule has 0 amide bonds. The van der Waals surface area contributed by atoms with Gasteiger partial charge in [-0.05, 0) is 111 Å². The Hall–Kier alpha value is -0.610. The van der Waals surface area contributed by atoms with Crippen molar-refractivity contribution in [1.29, 1.82) is 0 Å². The van der Waals surface area contributed by atoms with E-state index in [1.165, 1.54) is 32.1 Å². The smallest absolute Gasteiger partial charge is 0.303 e. The van der Waals surface area contributed by atoms with Gasteiger partial charge in [0.05, 0.1) is 11.7 Å². The van der Waals surface area contributed by atoms with E-state index in [0.29, 0.717) is 58.9 Å². The molecular formula is C27H46O4. The van der Waals surface area contributed by atoms with Crippen LogP contribution in [0.5, 0.6) is 0 Å². The Labute approximate surface area is 189 Å². The van der Waals surface area contributed by atoms with Crippen LogP contribution < -0.4 is 0 Å². The number of aliphatic hydroxyl groups is 1. The Kier molecular flexibility index (Phi) is 6.31. The van der Waals surface area contributed by atoms with Crippen LogP contribution in [0.3, 0.4) is 0 Å². The molecule has 4 aliphatic rings. The van der Waals surface area contributed by atoms with E-state index in [2.05, 4.69) is 20.8 Å². The van der Waals surface area contributed by atoms with Crippen molar-refractivity contribution in [2.45, 2.75) is 110 Å². The van der Waals surface area contributed by atoms with Crippen molar-refractivity contribution in [3.05, 3.63) is 0 Å². The highest BCUT2D eigenvalue weighted by Crippen LogP contribution is 2.68. The van der Waals surface area contributed by atoms with Crippen molar-refractivity contribution in [3.8, 4) is 0 Å². The minimum atomic E-state index is -0.662. The summed E-state index contributed by atoms with van der Waals surface area (Å²) >= 11 is 0. The van der Waals surface area contributed by atoms with Crippen LogP contribution in [0.1, 0.15) is 98.3 Å². The minimum absolute atomic E-state index is 0.296. The number of carboxylic acids is 1. The van der Waals surface area contributed by atoms with Gasteiger partial charge in [-0.2, -0.15) is 0 Å². The van der Waals surface area contributed by atoms with Gasteiger partial charge in [-0.25, -0.2) is 0 Å². The largest absolute Gasteiger partial charge is 0.481 e. The third-order valence-electron chi connectivity index (χ3n) is 11.1. The molecule has 0 bridgehead atoms. The summed E-state index contributed by atoms with van der Waals surface area (Å²) in [7, 11) is 1.91. The van der Waals surface area contributed by atoms with Gasteiger partial charge >= 0.3 is 5.97 Å². The van der Waals surface area contributed by atoms with Gasteiger partial charge in [0.25, 0.3) is 0 Å². The Bertz CT molecular complexity index is 674. The topological polar surface area (TPSA) is 66.8 Å². The summed E-state index contributed by atoms with van der Waals surface area (Å²) in [6, 6.07) is 0. The monoisotopic (exact) mass is 434 g/mol. The zero-order valence-corrected chi connectivity index (χ0v) is 20.5. The van der Waals surface area contributed by atoms with Crippen LogP contribution in [-0.4, -0.2) is 35.0 Å². The van der Waals surface area contributed by atoms with E-state index in [1.807, 2.05) is 14.0 Å². The molecule has 4 aliphatic carbocycles. The summed E-state index contributed by atoms with van der Waals surface area (Å²) in [6.45, 7) is 9.42. The first-order valence-corrected chi connectivity index (χ1v) is 13.0. The zero-order valence-electron chi connectivity index (χ0n) is 20.5. The number of aliphatic carboxylic acids is 1. The third-order valence-corrected chi connectivity index (χ3v) is 11.1. The number of rotatable bonds is 5. The molecule has 4 nitrogen and oxygen atoms in total. The maximum Gasteiger partial charge on any atom is 0.303 e. The second-order valence-corrected chi connectivity index (χ2v) is 12.7. The van der Waals surface area contributed by atoms with E-state index < -0.39 is 11.6 Å². The van der Waals surface area contributed by atoms with Crippen molar-refractivity contribution in [2.24, 2.45) is 46.3 Å². The molecule has 0 saturated heterocycles. The second-order valence-electron chi connectivity index (χ2n) is 12.7. The number of methoxy groups -OCH3 is 1. The molecule has 10 atom stereocenters. The van der Waals surface area contributed by atoms with Crippen LogP contribution in [0, 0.1) is 46.3 Å². The maximum atomic E-state index is 11.2. The summed E-state index contributed by atoms with van der Waals surface area (Å²) in [5.41, 5.74) is 0.0958. The van der Waals surface area contributed by atoms with E-state index in [4.69, 9.17) is 4.74 Å². The molecule has 2 N–H and O–H groups in total. The number of carboxylic acid groups (broad SMARTS) is 1. The molecule has 0 aromatic carbocycles. The van der Waals surface area contributed by atoms with E-state index in [9.17, 15) is 15.0 Å². The molecule has 6 unspecified atom stereocenters. The highest BCUT2D eigenvalue weighted by molar-refractivity contribution is 5.66. The lowest BCUT2D eigenvalue weighted by Gasteiger charge is -2.61. The molecule has 4 rings (SSSR count). The first kappa shape index (κ1) is 23.5. The van der Waals surface area contributed by atoms with Crippen molar-refractivity contribution in [1.82, 2.24) is 0 Å². The van der Waals surface area contributed by atoms with Gasteiger partial charge in [-0.1, -0.05) is 27.2 Å². The van der Waals surface area contributed by atoms with Crippen LogP contribution in [0.2, 0.25) is 0 Å². The molecule has 178 valence electrons. The van der Waals surface area contributed by atoms with Crippen LogP contribution in [-0.2, 0) is 9.53 Å². The summed E-state index contributed by atoms with van der Waals surface area (Å²) in [4.78, 5) is 11.2. The Morgan fingerprint density at radius 1 is 1.06 bits per heavy atom. The SMILES string of the molecule is COC1CC2C[C@@](C)(O)CCC[C@]2(C)C2CC[C@@]3(C)C(CCC3[C@H](C)CCC(=O)O)C12. The molecule has 4 heteroatoms. The number of hydrogen-bond acceptors (Lipinski definition) is 3. The lowest BCUT2D eigenvalue weighted by atomic mass is 9.45. The highest BCUT2D eigenvalue weighted by atomic mass is 16.5. The lowest BCUT2D eigenvalue weighted by molar-refractivity contribution is -0.169. The fourth-order valence-corrected chi connectivity index (χ4v) is 9.46. The standard InChI is InChI=1S/C27H46O4/c1-17(7-10-23(28)29)19-8-9-20-24-21(11-14-27(19,20)4)26(3)13-6-12-25(2,30)16-18(26)15-22(24)31-5/h17-22,24,30H,6-16H2,1-5H3,(H,28,29)/t17-,18?,19?,20?,21?,22?,24?,25+,26+,27-/m1/s1. The third kappa shape index (κ3) is 3.98. The molecule has 0 aromatic rings. The molecule has 4 saturated carbocycles. The number of hydrogen-bond donors (Lipinski definition) is 2. The molecule has 0 radical (unpaired) electrons. The van der Waals surface area contributed by atoms with Crippen LogP contribution >= 0.6 is 0 Å². The first-order valence-electron chi connectivity index (χ1n) is 13.0. The minimum Gasteiger partial charge on any atom is -0.481 e. The Morgan fingerprint density at radius 3 is 2.45 bits per heavy atom. The number of fused-ring (bicyclic) bond motifs is 5. The molecular weight excluding hydrogens is 388 g/mol. The molecule has 0 aliphatic heterocycles. The van der Waals surface area contributed by atoms with Crippen molar-refractivity contribution >= 4 is 5.97 Å². The maximum absolute atomic E-state index is 11.2. The lowest BCUT2D eigenvalue weighted by Crippen LogP contribution is -2.57. The molecule has 31 heavy (non-hydrogen) atoms. The first-order chi connectivity index (χ1) is 14.5. The molecule has 0 aromatic heterocycles. The van der Waals surface area contributed by atoms with Crippen LogP contribution in [0.4, 0.5) is 0 Å². The van der Waals surface area contributed by atoms with Crippen LogP contribution in [0.15, 0.2) is 0 Å². The molecule has 0 heterocycles. The van der Waals surface area contributed by atoms with Crippen molar-refractivity contribution in [3.63, 3.8) is 0 Å². The van der Waals surface area contributed by atoms with Gasteiger partial charge in [-0.3, -0.25) is 4.79 Å². The van der Waals surface area contributed by atoms with Gasteiger partial charge in [0, 0.05) is 13.5 Å².